The van der Waals surface area contributed by atoms with E-state index in [2.05, 4.69) is 44.5 Å². The number of nitrogens with one attached hydrogen (secondary N) is 2. The molecular formula is C33H53ClN2O6Si. The molecule has 8 nitrogen and oxygen atoms in total. The summed E-state index contributed by atoms with van der Waals surface area (Å²) in [6.45, 7) is 20.5. The van der Waals surface area contributed by atoms with Gasteiger partial charge >= 0.3 is 5.97 Å². The third-order valence-electron chi connectivity index (χ3n) is 7.66. The van der Waals surface area contributed by atoms with Crippen molar-refractivity contribution in [1.82, 2.24) is 10.6 Å². The molecule has 4 atom stereocenters. The molecule has 0 aliphatic carbocycles. The van der Waals surface area contributed by atoms with Crippen molar-refractivity contribution in [2.24, 2.45) is 11.3 Å². The highest BCUT2D eigenvalue weighted by atomic mass is 35.5. The second kappa shape index (κ2) is 17.0. The van der Waals surface area contributed by atoms with E-state index in [0.717, 1.165) is 5.03 Å². The molecule has 0 spiro atoms. The van der Waals surface area contributed by atoms with Gasteiger partial charge < -0.3 is 24.5 Å². The molecule has 43 heavy (non-hydrogen) atoms. The van der Waals surface area contributed by atoms with E-state index < -0.39 is 25.7 Å². The SMILES string of the molecule is COC1=CC[C@@H]([C@H](C)/C=C\C=C/C(=O)NC(C(=O)N/C=C\C[C@H](C/C=C(\C)Cl)O[Si](C)(C)C(C)(C)C)C(C)(C)C)OC1=O. The van der Waals surface area contributed by atoms with Crippen molar-refractivity contribution >= 4 is 37.7 Å². The Bertz CT molecular complexity index is 1110. The zero-order valence-electron chi connectivity index (χ0n) is 27.9. The molecule has 1 rings (SSSR count). The van der Waals surface area contributed by atoms with Crippen LogP contribution in [0.25, 0.3) is 0 Å². The topological polar surface area (TPSA) is 103 Å². The number of carbonyl (C=O) groups is 3. The number of carbonyl (C=O) groups excluding carboxylic acids is 3. The highest BCUT2D eigenvalue weighted by Crippen LogP contribution is 2.38. The minimum absolute atomic E-state index is 0.0620. The Morgan fingerprint density at radius 2 is 1.81 bits per heavy atom. The molecule has 2 N–H and O–H groups in total. The first kappa shape index (κ1) is 38.4. The first-order chi connectivity index (χ1) is 19.8. The minimum atomic E-state index is -2.00. The summed E-state index contributed by atoms with van der Waals surface area (Å²) in [6, 6.07) is -0.762. The van der Waals surface area contributed by atoms with Gasteiger partial charge in [0.2, 0.25) is 11.8 Å². The van der Waals surface area contributed by atoms with E-state index in [1.807, 2.05) is 52.8 Å². The molecule has 0 saturated carbocycles. The van der Waals surface area contributed by atoms with Crippen molar-refractivity contribution in [2.45, 2.75) is 111 Å². The lowest BCUT2D eigenvalue weighted by Crippen LogP contribution is -2.52. The Kier molecular flexibility index (Phi) is 15.2. The minimum Gasteiger partial charge on any atom is -0.490 e. The molecule has 0 aromatic carbocycles. The van der Waals surface area contributed by atoms with Gasteiger partial charge in [0, 0.05) is 23.4 Å². The fourth-order valence-corrected chi connectivity index (χ4v) is 5.40. The Morgan fingerprint density at radius 3 is 2.35 bits per heavy atom. The molecule has 0 radical (unpaired) electrons. The van der Waals surface area contributed by atoms with E-state index >= 15 is 0 Å². The molecule has 2 amide bonds. The van der Waals surface area contributed by atoms with E-state index in [1.54, 1.807) is 24.4 Å². The quantitative estimate of drug-likeness (QED) is 0.0916. The van der Waals surface area contributed by atoms with Crippen LogP contribution in [0.1, 0.15) is 74.7 Å². The van der Waals surface area contributed by atoms with Crippen molar-refractivity contribution in [1.29, 1.82) is 0 Å². The van der Waals surface area contributed by atoms with Crippen LogP contribution in [0.3, 0.4) is 0 Å². The second-order valence-electron chi connectivity index (χ2n) is 13.5. The van der Waals surface area contributed by atoms with E-state index in [4.69, 9.17) is 25.5 Å². The third-order valence-corrected chi connectivity index (χ3v) is 12.4. The van der Waals surface area contributed by atoms with Gasteiger partial charge in [-0.2, -0.15) is 0 Å². The Morgan fingerprint density at radius 1 is 1.16 bits per heavy atom. The highest BCUT2D eigenvalue weighted by Gasteiger charge is 2.39. The van der Waals surface area contributed by atoms with E-state index in [-0.39, 0.29) is 40.7 Å². The number of hydrogen-bond acceptors (Lipinski definition) is 6. The van der Waals surface area contributed by atoms with Gasteiger partial charge in [-0.15, -0.1) is 0 Å². The molecule has 1 aliphatic heterocycles. The Balaban J connectivity index is 2.77. The zero-order chi connectivity index (χ0) is 33.0. The van der Waals surface area contributed by atoms with Crippen LogP contribution in [0.5, 0.6) is 0 Å². The summed E-state index contributed by atoms with van der Waals surface area (Å²) in [5.41, 5.74) is -0.526. The fourth-order valence-electron chi connectivity index (χ4n) is 3.93. The largest absolute Gasteiger partial charge is 0.490 e. The van der Waals surface area contributed by atoms with Gasteiger partial charge in [-0.25, -0.2) is 4.79 Å². The van der Waals surface area contributed by atoms with Crippen LogP contribution in [0.4, 0.5) is 0 Å². The van der Waals surface area contributed by atoms with Crippen LogP contribution in [0.15, 0.2) is 59.5 Å². The predicted octanol–water partition coefficient (Wildman–Crippen LogP) is 7.05. The number of allylic oxidation sites excluding steroid dienone is 3. The fraction of sp³-hybridized carbons (Fsp3) is 0.606. The standard InChI is InChI=1S/C33H53ClN2O6Si/c1-23(26-20-21-27(40-9)31(39)41-26)15-12-13-17-28(37)36-29(32(3,4)5)30(38)35-22-14-16-25(19-18-24(2)34)42-43(10,11)33(6,7)8/h12-15,17-18,21-23,25-26,29H,16,19-20H2,1-11H3,(H,35,38)(H,36,37)/b15-12-,17-13-,22-14-,24-18+/t23-,25-,26+,29?/m1/s1. The Labute approximate surface area is 265 Å². The van der Waals surface area contributed by atoms with Crippen LogP contribution >= 0.6 is 11.6 Å². The molecule has 10 heteroatoms. The predicted molar refractivity (Wildman–Crippen MR) is 177 cm³/mol. The van der Waals surface area contributed by atoms with Crippen molar-refractivity contribution in [3.63, 3.8) is 0 Å². The van der Waals surface area contributed by atoms with Crippen LogP contribution in [0, 0.1) is 11.3 Å². The number of esters is 1. The lowest BCUT2D eigenvalue weighted by Gasteiger charge is -2.39. The molecule has 1 aliphatic rings. The van der Waals surface area contributed by atoms with Gasteiger partial charge in [-0.3, -0.25) is 9.59 Å². The first-order valence-corrected chi connectivity index (χ1v) is 18.1. The zero-order valence-corrected chi connectivity index (χ0v) is 29.6. The summed E-state index contributed by atoms with van der Waals surface area (Å²) < 4.78 is 17.0. The maximum atomic E-state index is 13.1. The lowest BCUT2D eigenvalue weighted by atomic mass is 9.86. The maximum Gasteiger partial charge on any atom is 0.373 e. The third kappa shape index (κ3) is 13.7. The molecule has 0 aromatic rings. The smallest absolute Gasteiger partial charge is 0.373 e. The summed E-state index contributed by atoms with van der Waals surface area (Å²) in [4.78, 5) is 37.7. The summed E-state index contributed by atoms with van der Waals surface area (Å²) in [5.74, 6) is -1.03. The first-order valence-electron chi connectivity index (χ1n) is 14.8. The van der Waals surface area contributed by atoms with Crippen LogP contribution in [0.2, 0.25) is 18.1 Å². The molecule has 0 fully saturated rings. The van der Waals surface area contributed by atoms with E-state index in [0.29, 0.717) is 19.3 Å². The van der Waals surface area contributed by atoms with E-state index in [9.17, 15) is 14.4 Å². The normalized spacial score (nSPS) is 19.3. The summed E-state index contributed by atoms with van der Waals surface area (Å²) in [5, 5.41) is 6.43. The van der Waals surface area contributed by atoms with Crippen molar-refractivity contribution in [3.8, 4) is 0 Å². The molecule has 1 unspecified atom stereocenters. The van der Waals surface area contributed by atoms with Gasteiger partial charge in [0.25, 0.3) is 0 Å². The molecule has 0 bridgehead atoms. The van der Waals surface area contributed by atoms with Crippen molar-refractivity contribution in [2.75, 3.05) is 7.11 Å². The summed E-state index contributed by atoms with van der Waals surface area (Å²) in [6.07, 6.45) is 15.2. The molecule has 0 aromatic heterocycles. The second-order valence-corrected chi connectivity index (χ2v) is 18.9. The van der Waals surface area contributed by atoms with Gasteiger partial charge in [0.1, 0.15) is 12.1 Å². The lowest BCUT2D eigenvalue weighted by molar-refractivity contribution is -0.151. The van der Waals surface area contributed by atoms with Crippen LogP contribution in [-0.4, -0.2) is 51.5 Å². The van der Waals surface area contributed by atoms with Gasteiger partial charge in [-0.1, -0.05) is 90.4 Å². The van der Waals surface area contributed by atoms with Gasteiger partial charge in [-0.05, 0) is 55.6 Å². The Hall–Kier alpha value is -2.62. The number of cyclic esters (lactones) is 1. The number of amides is 2. The number of rotatable bonds is 14. The van der Waals surface area contributed by atoms with Crippen LogP contribution < -0.4 is 10.6 Å². The number of ether oxygens (including phenoxy) is 2. The number of hydrogen-bond donors (Lipinski definition) is 2. The average Bonchev–Trinajstić information content (AvgIpc) is 2.88. The van der Waals surface area contributed by atoms with Crippen molar-refractivity contribution < 1.29 is 28.3 Å². The number of methoxy groups -OCH3 is 1. The average molecular weight is 637 g/mol. The molecule has 0 saturated heterocycles. The van der Waals surface area contributed by atoms with Crippen molar-refractivity contribution in [3.05, 3.63) is 59.5 Å². The monoisotopic (exact) mass is 636 g/mol. The molecule has 242 valence electrons. The van der Waals surface area contributed by atoms with Gasteiger partial charge in [0.15, 0.2) is 14.1 Å². The van der Waals surface area contributed by atoms with Crippen LogP contribution in [-0.2, 0) is 28.3 Å². The van der Waals surface area contributed by atoms with E-state index in [1.165, 1.54) is 13.2 Å². The maximum absolute atomic E-state index is 13.1. The van der Waals surface area contributed by atoms with Gasteiger partial charge in [0.05, 0.1) is 13.2 Å². The summed E-state index contributed by atoms with van der Waals surface area (Å²) >= 11 is 6.08. The molecule has 1 heterocycles. The highest BCUT2D eigenvalue weighted by molar-refractivity contribution is 6.74. The summed E-state index contributed by atoms with van der Waals surface area (Å²) in [7, 11) is -0.565. The molecular weight excluding hydrogens is 584 g/mol. The number of halogens is 1.